The normalized spacial score (nSPS) is 12.5. The molecule has 1 rings (SSSR count). The van der Waals surface area contributed by atoms with Gasteiger partial charge in [-0.25, -0.2) is 0 Å². The average molecular weight is 254 g/mol. The molecule has 0 amide bonds. The first-order valence-corrected chi connectivity index (χ1v) is 7.06. The Labute approximate surface area is 111 Å². The molecule has 0 aliphatic carbocycles. The Balaban J connectivity index is 2.85. The molecule has 1 aromatic rings. The third kappa shape index (κ3) is 3.92. The molecule has 0 spiro atoms. The zero-order valence-electron chi connectivity index (χ0n) is 11.5. The molecule has 0 aliphatic rings. The Bertz CT molecular complexity index is 349. The molecule has 17 heavy (non-hydrogen) atoms. The fourth-order valence-electron chi connectivity index (χ4n) is 1.95. The smallest absolute Gasteiger partial charge is 0.0476 e. The van der Waals surface area contributed by atoms with E-state index in [0.29, 0.717) is 5.88 Å². The number of hydrogen-bond donors (Lipinski definition) is 0. The van der Waals surface area contributed by atoms with Crippen molar-refractivity contribution in [1.29, 1.82) is 0 Å². The lowest BCUT2D eigenvalue weighted by atomic mass is 10.1. The maximum absolute atomic E-state index is 5.89. The van der Waals surface area contributed by atoms with Crippen molar-refractivity contribution in [3.63, 3.8) is 0 Å². The highest BCUT2D eigenvalue weighted by Gasteiger charge is 2.09. The van der Waals surface area contributed by atoms with Crippen molar-refractivity contribution in [3.8, 4) is 0 Å². The van der Waals surface area contributed by atoms with Crippen LogP contribution in [0.3, 0.4) is 0 Å². The van der Waals surface area contributed by atoms with Crippen LogP contribution in [0.5, 0.6) is 0 Å². The molecule has 2 heteroatoms. The summed E-state index contributed by atoms with van der Waals surface area (Å²) in [6, 6.07) is 6.59. The second-order valence-corrected chi connectivity index (χ2v) is 5.06. The first kappa shape index (κ1) is 14.4. The Morgan fingerprint density at radius 2 is 2.00 bits per heavy atom. The molecular formula is C15H24ClN. The summed E-state index contributed by atoms with van der Waals surface area (Å²) in [5.74, 6) is 1.34. The van der Waals surface area contributed by atoms with Crippen molar-refractivity contribution >= 4 is 17.3 Å². The number of aryl methyl sites for hydroxylation is 1. The summed E-state index contributed by atoms with van der Waals surface area (Å²) >= 11 is 5.89. The third-order valence-corrected chi connectivity index (χ3v) is 3.73. The molecule has 96 valence electrons. The molecule has 0 aliphatic heterocycles. The predicted octanol–water partition coefficient (Wildman–Crippen LogP) is 4.61. The van der Waals surface area contributed by atoms with Crippen LogP contribution in [0.25, 0.3) is 0 Å². The molecule has 1 nitrogen and oxygen atoms in total. The van der Waals surface area contributed by atoms with Gasteiger partial charge in [0.1, 0.15) is 0 Å². The van der Waals surface area contributed by atoms with E-state index < -0.39 is 0 Å². The summed E-state index contributed by atoms with van der Waals surface area (Å²) < 4.78 is 0. The number of alkyl halides is 1. The molecule has 0 aromatic heterocycles. The monoisotopic (exact) mass is 253 g/mol. The Hall–Kier alpha value is -0.690. The molecule has 0 N–H and O–H groups in total. The van der Waals surface area contributed by atoms with Gasteiger partial charge < -0.3 is 4.90 Å². The second-order valence-electron chi connectivity index (χ2n) is 4.80. The van der Waals surface area contributed by atoms with Gasteiger partial charge in [-0.2, -0.15) is 0 Å². The Morgan fingerprint density at radius 1 is 1.29 bits per heavy atom. The fourth-order valence-corrected chi connectivity index (χ4v) is 2.25. The van der Waals surface area contributed by atoms with Gasteiger partial charge in [-0.05, 0) is 43.0 Å². The minimum absolute atomic E-state index is 0.601. The molecule has 0 heterocycles. The van der Waals surface area contributed by atoms with Crippen LogP contribution in [0.2, 0.25) is 0 Å². The van der Waals surface area contributed by atoms with E-state index in [9.17, 15) is 0 Å². The maximum atomic E-state index is 5.89. The third-order valence-electron chi connectivity index (χ3n) is 3.45. The first-order valence-electron chi connectivity index (χ1n) is 6.52. The molecule has 1 atom stereocenters. The van der Waals surface area contributed by atoms with Crippen LogP contribution in [0, 0.1) is 12.8 Å². The van der Waals surface area contributed by atoms with Crippen molar-refractivity contribution in [2.45, 2.75) is 40.0 Å². The van der Waals surface area contributed by atoms with Gasteiger partial charge in [-0.15, -0.1) is 11.6 Å². The summed E-state index contributed by atoms with van der Waals surface area (Å²) in [5, 5.41) is 0. The Morgan fingerprint density at radius 3 is 2.47 bits per heavy atom. The first-order chi connectivity index (χ1) is 8.12. The number of benzene rings is 1. The quantitative estimate of drug-likeness (QED) is 0.670. The highest BCUT2D eigenvalue weighted by atomic mass is 35.5. The van der Waals surface area contributed by atoms with E-state index >= 15 is 0 Å². The van der Waals surface area contributed by atoms with E-state index in [2.05, 4.69) is 50.8 Å². The Kier molecular flexibility index (Phi) is 5.84. The molecular weight excluding hydrogens is 230 g/mol. The van der Waals surface area contributed by atoms with Crippen molar-refractivity contribution in [1.82, 2.24) is 0 Å². The minimum atomic E-state index is 0.601. The fraction of sp³-hybridized carbons (Fsp3) is 0.600. The van der Waals surface area contributed by atoms with Gasteiger partial charge in [0, 0.05) is 24.7 Å². The number of halogens is 1. The summed E-state index contributed by atoms with van der Waals surface area (Å²) in [5.41, 5.74) is 3.84. The second kappa shape index (κ2) is 6.90. The zero-order valence-corrected chi connectivity index (χ0v) is 12.2. The molecule has 1 unspecified atom stereocenters. The van der Waals surface area contributed by atoms with Gasteiger partial charge in [0.15, 0.2) is 0 Å². The average Bonchev–Trinajstić information content (AvgIpc) is 2.35. The number of rotatable bonds is 6. The van der Waals surface area contributed by atoms with E-state index in [1.807, 2.05) is 0 Å². The van der Waals surface area contributed by atoms with Gasteiger partial charge in [-0.1, -0.05) is 26.3 Å². The molecule has 0 saturated heterocycles. The van der Waals surface area contributed by atoms with Crippen molar-refractivity contribution in [2.24, 2.45) is 5.92 Å². The minimum Gasteiger partial charge on any atom is -0.372 e. The lowest BCUT2D eigenvalue weighted by Crippen LogP contribution is -2.28. The highest BCUT2D eigenvalue weighted by molar-refractivity contribution is 6.17. The summed E-state index contributed by atoms with van der Waals surface area (Å²) in [6.07, 6.45) is 1.23. The van der Waals surface area contributed by atoms with E-state index in [-0.39, 0.29) is 0 Å². The largest absolute Gasteiger partial charge is 0.372 e. The number of hydrogen-bond acceptors (Lipinski definition) is 1. The van der Waals surface area contributed by atoms with Crippen molar-refractivity contribution < 1.29 is 0 Å². The van der Waals surface area contributed by atoms with E-state index in [1.54, 1.807) is 0 Å². The van der Waals surface area contributed by atoms with Crippen molar-refractivity contribution in [2.75, 3.05) is 18.0 Å². The number of nitrogens with zero attached hydrogens (tertiary/aromatic N) is 1. The highest BCUT2D eigenvalue weighted by Crippen LogP contribution is 2.21. The molecule has 0 bridgehead atoms. The molecule has 0 saturated carbocycles. The maximum Gasteiger partial charge on any atom is 0.0476 e. The van der Waals surface area contributed by atoms with Gasteiger partial charge in [0.25, 0.3) is 0 Å². The van der Waals surface area contributed by atoms with Crippen LogP contribution >= 0.6 is 11.6 Å². The summed E-state index contributed by atoms with van der Waals surface area (Å²) in [4.78, 5) is 2.44. The molecule has 0 fully saturated rings. The topological polar surface area (TPSA) is 3.24 Å². The van der Waals surface area contributed by atoms with E-state index in [0.717, 1.165) is 19.0 Å². The van der Waals surface area contributed by atoms with Crippen LogP contribution < -0.4 is 4.90 Å². The van der Waals surface area contributed by atoms with Gasteiger partial charge >= 0.3 is 0 Å². The standard InChI is InChI=1S/C15H24ClN/c1-5-12(3)11-17(6-2)15-8-7-14(10-16)13(4)9-15/h7-9,12H,5-6,10-11H2,1-4H3. The van der Waals surface area contributed by atoms with Crippen LogP contribution in [0.15, 0.2) is 18.2 Å². The summed E-state index contributed by atoms with van der Waals surface area (Å²) in [6.45, 7) is 11.1. The predicted molar refractivity (Wildman–Crippen MR) is 78.1 cm³/mol. The van der Waals surface area contributed by atoms with Crippen LogP contribution in [-0.2, 0) is 5.88 Å². The summed E-state index contributed by atoms with van der Waals surface area (Å²) in [7, 11) is 0. The van der Waals surface area contributed by atoms with Gasteiger partial charge in [0.2, 0.25) is 0 Å². The zero-order chi connectivity index (χ0) is 12.8. The van der Waals surface area contributed by atoms with Gasteiger partial charge in [0.05, 0.1) is 0 Å². The van der Waals surface area contributed by atoms with Crippen LogP contribution in [-0.4, -0.2) is 13.1 Å². The molecule has 0 radical (unpaired) electrons. The van der Waals surface area contributed by atoms with E-state index in [4.69, 9.17) is 11.6 Å². The van der Waals surface area contributed by atoms with E-state index in [1.165, 1.54) is 23.2 Å². The van der Waals surface area contributed by atoms with Crippen LogP contribution in [0.1, 0.15) is 38.3 Å². The SMILES string of the molecule is CCC(C)CN(CC)c1ccc(CCl)c(C)c1. The lowest BCUT2D eigenvalue weighted by Gasteiger charge is -2.27. The van der Waals surface area contributed by atoms with Gasteiger partial charge in [-0.3, -0.25) is 0 Å². The number of anilines is 1. The van der Waals surface area contributed by atoms with Crippen molar-refractivity contribution in [3.05, 3.63) is 29.3 Å². The molecule has 1 aromatic carbocycles. The lowest BCUT2D eigenvalue weighted by molar-refractivity contribution is 0.548. The van der Waals surface area contributed by atoms with Crippen LogP contribution in [0.4, 0.5) is 5.69 Å².